The quantitative estimate of drug-likeness (QED) is 0.360. The lowest BCUT2D eigenvalue weighted by Gasteiger charge is -2.12. The van der Waals surface area contributed by atoms with Crippen molar-refractivity contribution in [2.24, 2.45) is 5.92 Å². The molecule has 0 saturated heterocycles. The summed E-state index contributed by atoms with van der Waals surface area (Å²) in [6.07, 6.45) is 2.74. The number of aromatic nitrogens is 4. The molecule has 2 heterocycles. The molecule has 2 N–H and O–H groups in total. The van der Waals surface area contributed by atoms with Gasteiger partial charge in [-0.2, -0.15) is 0 Å². The third-order valence-corrected chi connectivity index (χ3v) is 5.56. The fraction of sp³-hybridized carbons (Fsp3) is 0.520. The molecule has 0 saturated carbocycles. The molecule has 2 aromatic heterocycles. The number of imidazole rings is 1. The number of carbonyl (C=O) groups excluding carboxylic acids is 1. The molecule has 9 nitrogen and oxygen atoms in total. The zero-order valence-electron chi connectivity index (χ0n) is 20.6. The zero-order valence-corrected chi connectivity index (χ0v) is 20.6. The van der Waals surface area contributed by atoms with Crippen LogP contribution in [-0.4, -0.2) is 38.2 Å². The van der Waals surface area contributed by atoms with Crippen LogP contribution in [0.25, 0.3) is 11.2 Å². The van der Waals surface area contributed by atoms with Crippen LogP contribution in [0.15, 0.2) is 33.9 Å². The van der Waals surface area contributed by atoms with E-state index in [1.807, 2.05) is 25.3 Å². The molecule has 10 heteroatoms. The summed E-state index contributed by atoms with van der Waals surface area (Å²) in [6.45, 7) is 7.79. The van der Waals surface area contributed by atoms with Crippen LogP contribution in [0.5, 0.6) is 5.75 Å². The van der Waals surface area contributed by atoms with E-state index in [0.717, 1.165) is 12.8 Å². The van der Waals surface area contributed by atoms with Crippen molar-refractivity contribution in [3.05, 3.63) is 56.7 Å². The van der Waals surface area contributed by atoms with Crippen molar-refractivity contribution < 1.29 is 13.9 Å². The van der Waals surface area contributed by atoms with Crippen molar-refractivity contribution in [3.63, 3.8) is 0 Å². The zero-order chi connectivity index (χ0) is 25.4. The van der Waals surface area contributed by atoms with E-state index < -0.39 is 17.1 Å². The Bertz CT molecular complexity index is 1260. The number of carbonyl (C=O) groups is 1. The summed E-state index contributed by atoms with van der Waals surface area (Å²) in [5.41, 5.74) is -0.188. The van der Waals surface area contributed by atoms with Gasteiger partial charge in [0.1, 0.15) is 5.82 Å². The molecular weight excluding hydrogens is 453 g/mol. The maximum Gasteiger partial charge on any atom is 0.330 e. The smallest absolute Gasteiger partial charge is 0.330 e. The van der Waals surface area contributed by atoms with Gasteiger partial charge in [0.05, 0.1) is 6.61 Å². The van der Waals surface area contributed by atoms with Gasteiger partial charge in [0.25, 0.3) is 5.56 Å². The number of hydrogen-bond donors (Lipinski definition) is 2. The molecule has 0 spiro atoms. The Hall–Kier alpha value is -3.43. The third-order valence-electron chi connectivity index (χ3n) is 5.56. The summed E-state index contributed by atoms with van der Waals surface area (Å²) in [5.74, 6) is 0.462. The SMILES string of the molecule is CCCCn1c(=O)[nH]c(=O)c2c1nc(CCC(=O)NCCCOc1ccccc1F)n2CC(C)C. The molecule has 0 aliphatic heterocycles. The van der Waals surface area contributed by atoms with Gasteiger partial charge in [0.15, 0.2) is 22.7 Å². The van der Waals surface area contributed by atoms with E-state index in [1.54, 1.807) is 18.2 Å². The van der Waals surface area contributed by atoms with E-state index >= 15 is 0 Å². The van der Waals surface area contributed by atoms with Crippen LogP contribution >= 0.6 is 0 Å². The minimum Gasteiger partial charge on any atom is -0.490 e. The number of rotatable bonds is 13. The Kier molecular flexibility index (Phi) is 9.22. The second kappa shape index (κ2) is 12.3. The highest BCUT2D eigenvalue weighted by molar-refractivity contribution is 5.76. The first kappa shape index (κ1) is 26.2. The van der Waals surface area contributed by atoms with Gasteiger partial charge in [0, 0.05) is 32.5 Å². The van der Waals surface area contributed by atoms with Gasteiger partial charge in [0.2, 0.25) is 5.91 Å². The first-order valence-corrected chi connectivity index (χ1v) is 12.2. The topological polar surface area (TPSA) is 111 Å². The highest BCUT2D eigenvalue weighted by Crippen LogP contribution is 2.17. The summed E-state index contributed by atoms with van der Waals surface area (Å²) in [6, 6.07) is 6.19. The number of hydrogen-bond acceptors (Lipinski definition) is 5. The number of nitrogens with zero attached hydrogens (tertiary/aromatic N) is 3. The fourth-order valence-electron chi connectivity index (χ4n) is 3.85. The first-order chi connectivity index (χ1) is 16.8. The Morgan fingerprint density at radius 2 is 1.97 bits per heavy atom. The summed E-state index contributed by atoms with van der Waals surface area (Å²) in [7, 11) is 0. The molecule has 35 heavy (non-hydrogen) atoms. The summed E-state index contributed by atoms with van der Waals surface area (Å²) in [4.78, 5) is 44.5. The van der Waals surface area contributed by atoms with Gasteiger partial charge in [-0.1, -0.05) is 39.3 Å². The molecule has 190 valence electrons. The van der Waals surface area contributed by atoms with E-state index in [-0.39, 0.29) is 30.6 Å². The number of nitrogens with one attached hydrogen (secondary N) is 2. The number of aryl methyl sites for hydroxylation is 2. The van der Waals surface area contributed by atoms with Crippen molar-refractivity contribution in [1.29, 1.82) is 0 Å². The van der Waals surface area contributed by atoms with Crippen molar-refractivity contribution in [2.45, 2.75) is 66.0 Å². The molecule has 0 fully saturated rings. The molecule has 1 aromatic carbocycles. The van der Waals surface area contributed by atoms with E-state index in [4.69, 9.17) is 4.74 Å². The highest BCUT2D eigenvalue weighted by Gasteiger charge is 2.19. The van der Waals surface area contributed by atoms with Gasteiger partial charge in [-0.25, -0.2) is 14.2 Å². The Balaban J connectivity index is 1.64. The van der Waals surface area contributed by atoms with Gasteiger partial charge in [-0.05, 0) is 30.9 Å². The number of fused-ring (bicyclic) bond motifs is 1. The minimum atomic E-state index is -0.466. The predicted octanol–water partition coefficient (Wildman–Crippen LogP) is 3.00. The maximum atomic E-state index is 13.6. The monoisotopic (exact) mass is 487 g/mol. The van der Waals surface area contributed by atoms with Crippen LogP contribution in [0, 0.1) is 11.7 Å². The number of unbranched alkanes of at least 4 members (excludes halogenated alkanes) is 1. The van der Waals surface area contributed by atoms with Crippen LogP contribution in [0.4, 0.5) is 4.39 Å². The Labute approximate surface area is 203 Å². The van der Waals surface area contributed by atoms with Crippen LogP contribution in [0.1, 0.15) is 52.3 Å². The number of benzene rings is 1. The van der Waals surface area contributed by atoms with Crippen LogP contribution in [0.2, 0.25) is 0 Å². The number of halogens is 1. The average molecular weight is 488 g/mol. The minimum absolute atomic E-state index is 0.156. The largest absolute Gasteiger partial charge is 0.490 e. The Morgan fingerprint density at radius 1 is 1.20 bits per heavy atom. The molecule has 0 aliphatic rings. The van der Waals surface area contributed by atoms with Crippen molar-refractivity contribution in [2.75, 3.05) is 13.2 Å². The van der Waals surface area contributed by atoms with Crippen molar-refractivity contribution in [3.8, 4) is 5.75 Å². The molecular formula is C25H34FN5O4. The molecule has 0 atom stereocenters. The number of H-pyrrole nitrogens is 1. The second-order valence-electron chi connectivity index (χ2n) is 8.95. The van der Waals surface area contributed by atoms with Crippen molar-refractivity contribution in [1.82, 2.24) is 24.4 Å². The Morgan fingerprint density at radius 3 is 2.69 bits per heavy atom. The number of aromatic amines is 1. The maximum absolute atomic E-state index is 13.6. The standard InChI is InChI=1S/C25H34FN5O4/c1-4-5-14-30-23-22(24(33)29-25(30)34)31(16-17(2)3)20(28-23)11-12-21(32)27-13-8-15-35-19-10-7-6-9-18(19)26/h6-7,9-10,17H,4-5,8,11-16H2,1-3H3,(H,27,32)(H,29,33,34). The lowest BCUT2D eigenvalue weighted by Crippen LogP contribution is -2.31. The molecule has 3 rings (SSSR count). The lowest BCUT2D eigenvalue weighted by molar-refractivity contribution is -0.121. The van der Waals surface area contributed by atoms with Crippen LogP contribution in [0.3, 0.4) is 0 Å². The molecule has 3 aromatic rings. The molecule has 1 amide bonds. The summed E-state index contributed by atoms with van der Waals surface area (Å²) < 4.78 is 22.3. The molecule has 0 radical (unpaired) electrons. The summed E-state index contributed by atoms with van der Waals surface area (Å²) in [5, 5.41) is 2.83. The molecule has 0 unspecified atom stereocenters. The van der Waals surface area contributed by atoms with E-state index in [0.29, 0.717) is 49.5 Å². The number of para-hydroxylation sites is 1. The van der Waals surface area contributed by atoms with E-state index in [9.17, 15) is 18.8 Å². The second-order valence-corrected chi connectivity index (χ2v) is 8.95. The third kappa shape index (κ3) is 6.80. The highest BCUT2D eigenvalue weighted by atomic mass is 19.1. The number of ether oxygens (including phenoxy) is 1. The normalized spacial score (nSPS) is 11.3. The lowest BCUT2D eigenvalue weighted by atomic mass is 10.2. The van der Waals surface area contributed by atoms with E-state index in [1.165, 1.54) is 10.6 Å². The van der Waals surface area contributed by atoms with Crippen LogP contribution in [-0.2, 0) is 24.3 Å². The van der Waals surface area contributed by atoms with Crippen LogP contribution < -0.4 is 21.3 Å². The first-order valence-electron chi connectivity index (χ1n) is 12.2. The van der Waals surface area contributed by atoms with Gasteiger partial charge >= 0.3 is 5.69 Å². The summed E-state index contributed by atoms with van der Waals surface area (Å²) >= 11 is 0. The molecule has 0 bridgehead atoms. The van der Waals surface area contributed by atoms with Crippen molar-refractivity contribution >= 4 is 17.1 Å². The van der Waals surface area contributed by atoms with E-state index in [2.05, 4.69) is 15.3 Å². The average Bonchev–Trinajstić information content (AvgIpc) is 3.16. The fourth-order valence-corrected chi connectivity index (χ4v) is 3.85. The van der Waals surface area contributed by atoms with Gasteiger partial charge in [-0.15, -0.1) is 0 Å². The number of amides is 1. The predicted molar refractivity (Wildman–Crippen MR) is 132 cm³/mol. The van der Waals surface area contributed by atoms with Gasteiger partial charge in [-0.3, -0.25) is 19.1 Å². The molecule has 0 aliphatic carbocycles. The van der Waals surface area contributed by atoms with Gasteiger partial charge < -0.3 is 14.6 Å².